The number of benzene rings is 3. The maximum absolute atomic E-state index is 13.0. The zero-order valence-electron chi connectivity index (χ0n) is 15.0. The second-order valence-electron chi connectivity index (χ2n) is 6.51. The van der Waals surface area contributed by atoms with Gasteiger partial charge in [-0.3, -0.25) is 0 Å². The van der Waals surface area contributed by atoms with Crippen LogP contribution in [0.15, 0.2) is 72.9 Å². The van der Waals surface area contributed by atoms with E-state index < -0.39 is 11.7 Å². The molecule has 0 aliphatic rings. The molecule has 0 atom stereocenters. The van der Waals surface area contributed by atoms with Gasteiger partial charge < -0.3 is 5.32 Å². The Hall–Kier alpha value is -3.34. The monoisotopic (exact) mass is 377 g/mol. The van der Waals surface area contributed by atoms with E-state index >= 15 is 0 Å². The predicted octanol–water partition coefficient (Wildman–Crippen LogP) is 6.77. The highest BCUT2D eigenvalue weighted by molar-refractivity contribution is 6.04. The number of fused-ring (bicyclic) bond motifs is 1. The second kappa shape index (κ2) is 7.00. The quantitative estimate of drug-likeness (QED) is 0.426. The Morgan fingerprint density at radius 3 is 2.57 bits per heavy atom. The number of alkyl halides is 3. The first kappa shape index (κ1) is 18.0. The fraction of sp³-hybridized carbons (Fsp3) is 0.0870. The standard InChI is InChI=1S/C23H16F3N2/c1-15-7-5-12-19-21(15)20(16-8-3-2-4-9-16)14-27-22(19)28-18-11-6-10-17(13-18)23(24,25)26/h2-3,5-14H,1H3,(H,27,28). The summed E-state index contributed by atoms with van der Waals surface area (Å²) in [6.45, 7) is 2.01. The van der Waals surface area contributed by atoms with Gasteiger partial charge in [0.2, 0.25) is 0 Å². The first-order valence-corrected chi connectivity index (χ1v) is 8.72. The van der Waals surface area contributed by atoms with Crippen LogP contribution in [0.5, 0.6) is 0 Å². The summed E-state index contributed by atoms with van der Waals surface area (Å²) in [5, 5.41) is 4.90. The van der Waals surface area contributed by atoms with Crippen molar-refractivity contribution >= 4 is 22.3 Å². The predicted molar refractivity (Wildman–Crippen MR) is 105 cm³/mol. The van der Waals surface area contributed by atoms with Crippen molar-refractivity contribution in [2.75, 3.05) is 5.32 Å². The number of anilines is 2. The van der Waals surface area contributed by atoms with Gasteiger partial charge in [-0.2, -0.15) is 13.2 Å². The summed E-state index contributed by atoms with van der Waals surface area (Å²) in [5.41, 5.74) is 2.64. The lowest BCUT2D eigenvalue weighted by molar-refractivity contribution is -0.137. The average Bonchev–Trinajstić information content (AvgIpc) is 2.69. The molecule has 1 heterocycles. The SMILES string of the molecule is Cc1cccc2c(Nc3cccc(C(F)(F)F)c3)ncc(-c3c[c]ccc3)c12. The van der Waals surface area contributed by atoms with Crippen LogP contribution >= 0.6 is 0 Å². The smallest absolute Gasteiger partial charge is 0.340 e. The number of aryl methyl sites for hydroxylation is 1. The largest absolute Gasteiger partial charge is 0.416 e. The minimum Gasteiger partial charge on any atom is -0.340 e. The lowest BCUT2D eigenvalue weighted by Gasteiger charge is -2.15. The molecular formula is C23H16F3N2. The molecule has 28 heavy (non-hydrogen) atoms. The Morgan fingerprint density at radius 2 is 1.82 bits per heavy atom. The lowest BCUT2D eigenvalue weighted by Crippen LogP contribution is -2.05. The highest BCUT2D eigenvalue weighted by atomic mass is 19.4. The van der Waals surface area contributed by atoms with Gasteiger partial charge in [0, 0.05) is 22.8 Å². The fourth-order valence-corrected chi connectivity index (χ4v) is 3.28. The van der Waals surface area contributed by atoms with E-state index in [2.05, 4.69) is 16.4 Å². The van der Waals surface area contributed by atoms with Crippen molar-refractivity contribution in [3.8, 4) is 11.1 Å². The van der Waals surface area contributed by atoms with Gasteiger partial charge in [-0.25, -0.2) is 4.98 Å². The van der Waals surface area contributed by atoms with Crippen molar-refractivity contribution in [3.63, 3.8) is 0 Å². The number of nitrogens with one attached hydrogen (secondary N) is 1. The van der Waals surface area contributed by atoms with Crippen molar-refractivity contribution in [3.05, 3.63) is 90.1 Å². The number of aromatic nitrogens is 1. The Labute approximate surface area is 160 Å². The zero-order chi connectivity index (χ0) is 19.7. The van der Waals surface area contributed by atoms with E-state index in [0.29, 0.717) is 11.5 Å². The van der Waals surface area contributed by atoms with Crippen molar-refractivity contribution in [1.82, 2.24) is 4.98 Å². The molecular weight excluding hydrogens is 361 g/mol. The van der Waals surface area contributed by atoms with Gasteiger partial charge in [-0.15, -0.1) is 0 Å². The molecule has 0 saturated carbocycles. The number of pyridine rings is 1. The van der Waals surface area contributed by atoms with Crippen LogP contribution in [0.4, 0.5) is 24.7 Å². The Balaban J connectivity index is 1.83. The van der Waals surface area contributed by atoms with Gasteiger partial charge >= 0.3 is 6.18 Å². The van der Waals surface area contributed by atoms with Crippen molar-refractivity contribution in [1.29, 1.82) is 0 Å². The molecule has 4 aromatic rings. The van der Waals surface area contributed by atoms with E-state index in [4.69, 9.17) is 0 Å². The van der Waals surface area contributed by atoms with Crippen LogP contribution < -0.4 is 5.32 Å². The molecule has 1 N–H and O–H groups in total. The average molecular weight is 377 g/mol. The van der Waals surface area contributed by atoms with Crippen LogP contribution in [0, 0.1) is 13.0 Å². The molecule has 0 spiro atoms. The molecule has 0 amide bonds. The van der Waals surface area contributed by atoms with E-state index in [1.807, 2.05) is 49.4 Å². The van der Waals surface area contributed by atoms with Crippen LogP contribution in [0.2, 0.25) is 0 Å². The van der Waals surface area contributed by atoms with Crippen molar-refractivity contribution in [2.24, 2.45) is 0 Å². The number of nitrogens with zero attached hydrogens (tertiary/aromatic N) is 1. The molecule has 2 nitrogen and oxygen atoms in total. The molecule has 0 aliphatic carbocycles. The number of halogens is 3. The summed E-state index contributed by atoms with van der Waals surface area (Å²) in [4.78, 5) is 4.51. The van der Waals surface area contributed by atoms with E-state index in [0.717, 1.165) is 39.6 Å². The third-order valence-corrected chi connectivity index (χ3v) is 4.59. The number of rotatable bonds is 3. The van der Waals surface area contributed by atoms with Gasteiger partial charge in [0.1, 0.15) is 5.82 Å². The van der Waals surface area contributed by atoms with Crippen molar-refractivity contribution < 1.29 is 13.2 Å². The third kappa shape index (κ3) is 3.43. The Bertz CT molecular complexity index is 1140. The summed E-state index contributed by atoms with van der Waals surface area (Å²) < 4.78 is 39.0. The highest BCUT2D eigenvalue weighted by Crippen LogP contribution is 2.36. The maximum Gasteiger partial charge on any atom is 0.416 e. The summed E-state index contributed by atoms with van der Waals surface area (Å²) in [5.74, 6) is 0.515. The number of hydrogen-bond donors (Lipinski definition) is 1. The van der Waals surface area contributed by atoms with Gasteiger partial charge in [-0.05, 0) is 53.8 Å². The lowest BCUT2D eigenvalue weighted by atomic mass is 9.97. The topological polar surface area (TPSA) is 24.9 Å². The minimum absolute atomic E-state index is 0.339. The van der Waals surface area contributed by atoms with Crippen LogP contribution in [0.25, 0.3) is 21.9 Å². The molecule has 5 heteroatoms. The van der Waals surface area contributed by atoms with E-state index in [1.54, 1.807) is 12.3 Å². The van der Waals surface area contributed by atoms with Crippen LogP contribution in [-0.2, 0) is 6.18 Å². The van der Waals surface area contributed by atoms with Gasteiger partial charge in [-0.1, -0.05) is 42.5 Å². The molecule has 1 radical (unpaired) electrons. The van der Waals surface area contributed by atoms with Gasteiger partial charge in [0.25, 0.3) is 0 Å². The normalized spacial score (nSPS) is 11.6. The molecule has 0 aliphatic heterocycles. The molecule has 3 aromatic carbocycles. The highest BCUT2D eigenvalue weighted by Gasteiger charge is 2.30. The first-order chi connectivity index (χ1) is 13.4. The third-order valence-electron chi connectivity index (χ3n) is 4.59. The molecule has 0 bridgehead atoms. The van der Waals surface area contributed by atoms with Crippen LogP contribution in [-0.4, -0.2) is 4.98 Å². The zero-order valence-corrected chi connectivity index (χ0v) is 15.0. The maximum atomic E-state index is 13.0. The minimum atomic E-state index is -4.39. The summed E-state index contributed by atoms with van der Waals surface area (Å²) in [6, 6.07) is 21.6. The van der Waals surface area contributed by atoms with Crippen LogP contribution in [0.3, 0.4) is 0 Å². The molecule has 0 fully saturated rings. The molecule has 0 saturated heterocycles. The fourth-order valence-electron chi connectivity index (χ4n) is 3.28. The number of hydrogen-bond acceptors (Lipinski definition) is 2. The summed E-state index contributed by atoms with van der Waals surface area (Å²) in [6.07, 6.45) is -2.65. The van der Waals surface area contributed by atoms with Gasteiger partial charge in [0.05, 0.1) is 5.56 Å². The van der Waals surface area contributed by atoms with E-state index in [9.17, 15) is 13.2 Å². The van der Waals surface area contributed by atoms with E-state index in [-0.39, 0.29) is 0 Å². The summed E-state index contributed by atoms with van der Waals surface area (Å²) in [7, 11) is 0. The van der Waals surface area contributed by atoms with Gasteiger partial charge in [0.15, 0.2) is 0 Å². The molecule has 139 valence electrons. The van der Waals surface area contributed by atoms with E-state index in [1.165, 1.54) is 6.07 Å². The Kier molecular flexibility index (Phi) is 4.51. The Morgan fingerprint density at radius 1 is 1.00 bits per heavy atom. The first-order valence-electron chi connectivity index (χ1n) is 8.72. The molecule has 1 aromatic heterocycles. The molecule has 4 rings (SSSR count). The van der Waals surface area contributed by atoms with Crippen LogP contribution in [0.1, 0.15) is 11.1 Å². The molecule has 0 unspecified atom stereocenters. The second-order valence-corrected chi connectivity index (χ2v) is 6.51. The van der Waals surface area contributed by atoms with Crippen molar-refractivity contribution in [2.45, 2.75) is 13.1 Å². The summed E-state index contributed by atoms with van der Waals surface area (Å²) >= 11 is 0.